The van der Waals surface area contributed by atoms with E-state index < -0.39 is 0 Å². The molecular formula is C23H36IN5S. The van der Waals surface area contributed by atoms with Gasteiger partial charge in [-0.25, -0.2) is 0 Å². The quantitative estimate of drug-likeness (QED) is 0.293. The van der Waals surface area contributed by atoms with Crippen LogP contribution in [0.5, 0.6) is 0 Å². The number of aliphatic imine (C=N–C) groups is 1. The molecule has 2 heterocycles. The molecular weight excluding hydrogens is 505 g/mol. The summed E-state index contributed by atoms with van der Waals surface area (Å²) < 4.78 is 0. The molecule has 1 aromatic carbocycles. The van der Waals surface area contributed by atoms with E-state index in [2.05, 4.69) is 81.1 Å². The van der Waals surface area contributed by atoms with Crippen molar-refractivity contribution < 1.29 is 0 Å². The van der Waals surface area contributed by atoms with Gasteiger partial charge in [0.1, 0.15) is 0 Å². The van der Waals surface area contributed by atoms with E-state index in [9.17, 15) is 0 Å². The normalized spacial score (nSPS) is 15.2. The van der Waals surface area contributed by atoms with Crippen molar-refractivity contribution in [1.82, 2.24) is 15.5 Å². The van der Waals surface area contributed by atoms with Crippen LogP contribution >= 0.6 is 35.3 Å². The zero-order valence-corrected chi connectivity index (χ0v) is 21.6. The second-order valence-electron chi connectivity index (χ2n) is 7.51. The molecule has 0 bridgehead atoms. The average Bonchev–Trinajstić information content (AvgIpc) is 3.31. The van der Waals surface area contributed by atoms with Gasteiger partial charge in [-0.05, 0) is 54.6 Å². The Bertz CT molecular complexity index is 753. The predicted octanol–water partition coefficient (Wildman–Crippen LogP) is 4.54. The lowest BCUT2D eigenvalue weighted by atomic mass is 10.1. The molecule has 1 aromatic heterocycles. The van der Waals surface area contributed by atoms with Gasteiger partial charge in [0.2, 0.25) is 0 Å². The highest BCUT2D eigenvalue weighted by Crippen LogP contribution is 2.24. The first-order valence-electron chi connectivity index (χ1n) is 10.8. The standard InChI is InChI=1S/C23H35N5S.HI/c1-4-27(5-2)18-20-10-7-6-9-19(20)17-25-23(24-3)26-21-12-14-28(15-13-21)22-11-8-16-29-22;/h6-11,16,21H,4-5,12-15,17-18H2,1-3H3,(H2,24,25,26);1H. The van der Waals surface area contributed by atoms with Crippen LogP contribution in [0.15, 0.2) is 46.8 Å². The number of halogens is 1. The molecule has 0 atom stereocenters. The average molecular weight is 542 g/mol. The van der Waals surface area contributed by atoms with Crippen LogP contribution < -0.4 is 15.5 Å². The molecule has 0 spiro atoms. The number of benzene rings is 1. The van der Waals surface area contributed by atoms with E-state index in [1.165, 1.54) is 16.1 Å². The van der Waals surface area contributed by atoms with Crippen molar-refractivity contribution in [3.63, 3.8) is 0 Å². The third kappa shape index (κ3) is 7.13. The SMILES string of the molecule is CCN(CC)Cc1ccccc1CNC(=NC)NC1CCN(c2cccs2)CC1.I. The van der Waals surface area contributed by atoms with E-state index in [1.54, 1.807) is 0 Å². The van der Waals surface area contributed by atoms with Crippen LogP contribution in [0.25, 0.3) is 0 Å². The van der Waals surface area contributed by atoms with E-state index in [0.29, 0.717) is 6.04 Å². The van der Waals surface area contributed by atoms with Crippen LogP contribution in [-0.2, 0) is 13.1 Å². The first-order valence-corrected chi connectivity index (χ1v) is 11.7. The van der Waals surface area contributed by atoms with Gasteiger partial charge in [0.05, 0.1) is 5.00 Å². The molecule has 2 aromatic rings. The highest BCUT2D eigenvalue weighted by atomic mass is 127. The van der Waals surface area contributed by atoms with E-state index in [4.69, 9.17) is 0 Å². The summed E-state index contributed by atoms with van der Waals surface area (Å²) in [6, 6.07) is 13.5. The van der Waals surface area contributed by atoms with Gasteiger partial charge in [-0.1, -0.05) is 38.1 Å². The summed E-state index contributed by atoms with van der Waals surface area (Å²) in [5.74, 6) is 0.900. The molecule has 3 rings (SSSR count). The maximum Gasteiger partial charge on any atom is 0.191 e. The molecule has 1 fully saturated rings. The molecule has 7 heteroatoms. The Hall–Kier alpha value is -1.32. The van der Waals surface area contributed by atoms with E-state index in [0.717, 1.165) is 58.1 Å². The molecule has 1 aliphatic heterocycles. The summed E-state index contributed by atoms with van der Waals surface area (Å²) >= 11 is 1.83. The third-order valence-corrected chi connectivity index (χ3v) is 6.66. The summed E-state index contributed by atoms with van der Waals surface area (Å²) in [5, 5.41) is 10.7. The molecule has 1 aliphatic rings. The van der Waals surface area contributed by atoms with E-state index >= 15 is 0 Å². The number of anilines is 1. The Kier molecular flexibility index (Phi) is 11.0. The summed E-state index contributed by atoms with van der Waals surface area (Å²) in [5.41, 5.74) is 2.73. The number of hydrogen-bond donors (Lipinski definition) is 2. The monoisotopic (exact) mass is 541 g/mol. The number of hydrogen-bond acceptors (Lipinski definition) is 4. The van der Waals surface area contributed by atoms with Crippen molar-refractivity contribution in [2.45, 2.75) is 45.8 Å². The fourth-order valence-electron chi connectivity index (χ4n) is 3.83. The van der Waals surface area contributed by atoms with Crippen LogP contribution in [0.3, 0.4) is 0 Å². The zero-order chi connectivity index (χ0) is 20.5. The number of guanidine groups is 1. The topological polar surface area (TPSA) is 42.9 Å². The minimum absolute atomic E-state index is 0. The Morgan fingerprint density at radius 2 is 1.80 bits per heavy atom. The molecule has 30 heavy (non-hydrogen) atoms. The van der Waals surface area contributed by atoms with Crippen molar-refractivity contribution in [1.29, 1.82) is 0 Å². The van der Waals surface area contributed by atoms with Gasteiger partial charge < -0.3 is 15.5 Å². The second-order valence-corrected chi connectivity index (χ2v) is 8.44. The highest BCUT2D eigenvalue weighted by Gasteiger charge is 2.20. The Morgan fingerprint density at radius 3 is 2.40 bits per heavy atom. The Morgan fingerprint density at radius 1 is 1.10 bits per heavy atom. The smallest absolute Gasteiger partial charge is 0.191 e. The van der Waals surface area contributed by atoms with Gasteiger partial charge in [0.15, 0.2) is 5.96 Å². The highest BCUT2D eigenvalue weighted by molar-refractivity contribution is 14.0. The number of rotatable bonds is 8. The van der Waals surface area contributed by atoms with Crippen molar-refractivity contribution in [2.75, 3.05) is 38.1 Å². The summed E-state index contributed by atoms with van der Waals surface area (Å²) in [4.78, 5) is 9.40. The summed E-state index contributed by atoms with van der Waals surface area (Å²) in [6.45, 7) is 10.6. The molecule has 0 amide bonds. The van der Waals surface area contributed by atoms with Crippen LogP contribution in [-0.4, -0.2) is 50.1 Å². The molecule has 0 aliphatic carbocycles. The summed E-state index contributed by atoms with van der Waals surface area (Å²) in [6.07, 6.45) is 2.27. The van der Waals surface area contributed by atoms with Crippen molar-refractivity contribution >= 4 is 46.3 Å². The molecule has 166 valence electrons. The first kappa shape index (κ1) is 24.9. The van der Waals surface area contributed by atoms with Crippen LogP contribution in [0.1, 0.15) is 37.8 Å². The van der Waals surface area contributed by atoms with Gasteiger partial charge in [-0.15, -0.1) is 35.3 Å². The van der Waals surface area contributed by atoms with E-state index in [1.807, 2.05) is 18.4 Å². The van der Waals surface area contributed by atoms with Crippen LogP contribution in [0.4, 0.5) is 5.00 Å². The molecule has 1 saturated heterocycles. The number of nitrogens with zero attached hydrogens (tertiary/aromatic N) is 3. The lowest BCUT2D eigenvalue weighted by molar-refractivity contribution is 0.295. The molecule has 0 radical (unpaired) electrons. The minimum atomic E-state index is 0. The van der Waals surface area contributed by atoms with Crippen LogP contribution in [0, 0.1) is 0 Å². The lowest BCUT2D eigenvalue weighted by Crippen LogP contribution is -2.48. The number of nitrogens with one attached hydrogen (secondary N) is 2. The van der Waals surface area contributed by atoms with Crippen molar-refractivity contribution in [3.8, 4) is 0 Å². The van der Waals surface area contributed by atoms with Gasteiger partial charge in [-0.2, -0.15) is 0 Å². The van der Waals surface area contributed by atoms with Gasteiger partial charge in [0.25, 0.3) is 0 Å². The van der Waals surface area contributed by atoms with Gasteiger partial charge in [0, 0.05) is 39.3 Å². The maximum absolute atomic E-state index is 4.46. The first-order chi connectivity index (χ1) is 14.2. The van der Waals surface area contributed by atoms with E-state index in [-0.39, 0.29) is 24.0 Å². The van der Waals surface area contributed by atoms with Crippen LogP contribution in [0.2, 0.25) is 0 Å². The third-order valence-electron chi connectivity index (χ3n) is 5.73. The fourth-order valence-corrected chi connectivity index (χ4v) is 4.62. The maximum atomic E-state index is 4.46. The largest absolute Gasteiger partial charge is 0.363 e. The zero-order valence-electron chi connectivity index (χ0n) is 18.4. The molecule has 5 nitrogen and oxygen atoms in total. The predicted molar refractivity (Wildman–Crippen MR) is 141 cm³/mol. The lowest BCUT2D eigenvalue weighted by Gasteiger charge is -2.33. The fraction of sp³-hybridized carbons (Fsp3) is 0.522. The molecule has 2 N–H and O–H groups in total. The minimum Gasteiger partial charge on any atom is -0.363 e. The second kappa shape index (κ2) is 13.2. The van der Waals surface area contributed by atoms with Gasteiger partial charge >= 0.3 is 0 Å². The van der Waals surface area contributed by atoms with Crippen molar-refractivity contribution in [2.24, 2.45) is 4.99 Å². The molecule has 0 saturated carbocycles. The number of thiophene rings is 1. The van der Waals surface area contributed by atoms with Gasteiger partial charge in [-0.3, -0.25) is 9.89 Å². The van der Waals surface area contributed by atoms with Crippen molar-refractivity contribution in [3.05, 3.63) is 52.9 Å². The Labute approximate surface area is 203 Å². The summed E-state index contributed by atoms with van der Waals surface area (Å²) in [7, 11) is 1.86. The number of piperidine rings is 1. The Balaban J connectivity index is 0.00000320. The molecule has 0 unspecified atom stereocenters.